The van der Waals surface area contributed by atoms with Crippen LogP contribution in [0.3, 0.4) is 0 Å². The highest BCUT2D eigenvalue weighted by Crippen LogP contribution is 2.33. The predicted molar refractivity (Wildman–Crippen MR) is 95.0 cm³/mol. The Kier molecular flexibility index (Phi) is 4.43. The van der Waals surface area contributed by atoms with Crippen LogP contribution < -0.4 is 14.8 Å². The van der Waals surface area contributed by atoms with Gasteiger partial charge in [0.15, 0.2) is 17.1 Å². The van der Waals surface area contributed by atoms with E-state index in [-0.39, 0.29) is 19.2 Å². The van der Waals surface area contributed by atoms with Gasteiger partial charge in [0.05, 0.1) is 25.3 Å². The highest BCUT2D eigenvalue weighted by molar-refractivity contribution is 5.91. The van der Waals surface area contributed by atoms with Crippen LogP contribution in [0.5, 0.6) is 11.5 Å². The van der Waals surface area contributed by atoms with Crippen LogP contribution in [-0.2, 0) is 10.4 Å². The number of ether oxygens (including phenoxy) is 2. The maximum absolute atomic E-state index is 12.2. The minimum atomic E-state index is -1.53. The van der Waals surface area contributed by atoms with Crippen LogP contribution in [0.2, 0.25) is 0 Å². The fourth-order valence-corrected chi connectivity index (χ4v) is 2.81. The Hall–Kier alpha value is -3.45. The fourth-order valence-electron chi connectivity index (χ4n) is 2.81. The first-order valence-corrected chi connectivity index (χ1v) is 8.30. The first-order chi connectivity index (χ1) is 13.1. The Labute approximate surface area is 154 Å². The third-order valence-electron chi connectivity index (χ3n) is 4.27. The molecule has 7 heteroatoms. The standard InChI is InChI=1S/C20H17NO6/c22-19(6-4-14-3-5-16-17(10-14)27-13-26-16)21-12-20(23,15-7-9-24-11-15)18-2-1-8-25-18/h1-11,23H,12-13H2,(H,21,22). The SMILES string of the molecule is O=C(C=Cc1ccc2c(c1)OCO2)NCC(O)(c1ccoc1)c1ccco1. The van der Waals surface area contributed by atoms with Crippen LogP contribution in [0.4, 0.5) is 0 Å². The number of hydrogen-bond acceptors (Lipinski definition) is 6. The Bertz CT molecular complexity index is 909. The number of nitrogens with one attached hydrogen (secondary N) is 1. The molecule has 138 valence electrons. The van der Waals surface area contributed by atoms with Gasteiger partial charge in [-0.05, 0) is 42.0 Å². The number of carbonyl (C=O) groups excluding carboxylic acids is 1. The topological polar surface area (TPSA) is 94.1 Å². The molecule has 1 atom stereocenters. The van der Waals surface area contributed by atoms with Gasteiger partial charge in [-0.1, -0.05) is 6.07 Å². The molecule has 27 heavy (non-hydrogen) atoms. The Morgan fingerprint density at radius 3 is 2.85 bits per heavy atom. The van der Waals surface area contributed by atoms with Gasteiger partial charge in [-0.25, -0.2) is 0 Å². The van der Waals surface area contributed by atoms with Crippen molar-refractivity contribution in [3.63, 3.8) is 0 Å². The molecule has 0 aliphatic carbocycles. The second kappa shape index (κ2) is 7.05. The molecule has 0 fully saturated rings. The quantitative estimate of drug-likeness (QED) is 0.651. The summed E-state index contributed by atoms with van der Waals surface area (Å²) in [5, 5.41) is 13.7. The van der Waals surface area contributed by atoms with Gasteiger partial charge in [0.1, 0.15) is 5.76 Å². The zero-order valence-electron chi connectivity index (χ0n) is 14.3. The van der Waals surface area contributed by atoms with E-state index in [0.717, 1.165) is 5.56 Å². The van der Waals surface area contributed by atoms with Crippen LogP contribution in [0.1, 0.15) is 16.9 Å². The number of furan rings is 2. The van der Waals surface area contributed by atoms with Gasteiger partial charge < -0.3 is 28.7 Å². The van der Waals surface area contributed by atoms with Crippen molar-refractivity contribution in [2.45, 2.75) is 5.60 Å². The van der Waals surface area contributed by atoms with Gasteiger partial charge in [-0.2, -0.15) is 0 Å². The summed E-state index contributed by atoms with van der Waals surface area (Å²) in [5.74, 6) is 1.27. The molecule has 3 heterocycles. The largest absolute Gasteiger partial charge is 0.472 e. The fraction of sp³-hybridized carbons (Fsp3) is 0.150. The molecular formula is C20H17NO6. The summed E-state index contributed by atoms with van der Waals surface area (Å²) in [6.45, 7) is 0.118. The highest BCUT2D eigenvalue weighted by Gasteiger charge is 2.35. The second-order valence-electron chi connectivity index (χ2n) is 6.01. The van der Waals surface area contributed by atoms with Gasteiger partial charge in [-0.15, -0.1) is 0 Å². The number of benzene rings is 1. The van der Waals surface area contributed by atoms with E-state index < -0.39 is 5.60 Å². The van der Waals surface area contributed by atoms with E-state index in [1.807, 2.05) is 6.07 Å². The van der Waals surface area contributed by atoms with Crippen LogP contribution in [0.25, 0.3) is 6.08 Å². The molecule has 0 radical (unpaired) electrons. The highest BCUT2D eigenvalue weighted by atomic mass is 16.7. The smallest absolute Gasteiger partial charge is 0.244 e. The average molecular weight is 367 g/mol. The summed E-state index contributed by atoms with van der Waals surface area (Å²) < 4.78 is 21.0. The van der Waals surface area contributed by atoms with Crippen molar-refractivity contribution < 1.29 is 28.2 Å². The minimum absolute atomic E-state index is 0.0790. The number of fused-ring (bicyclic) bond motifs is 1. The molecule has 0 saturated heterocycles. The summed E-state index contributed by atoms with van der Waals surface area (Å²) in [7, 11) is 0. The Balaban J connectivity index is 1.44. The van der Waals surface area contributed by atoms with Gasteiger partial charge in [0.2, 0.25) is 12.7 Å². The molecule has 3 aromatic rings. The third-order valence-corrected chi connectivity index (χ3v) is 4.27. The monoisotopic (exact) mass is 367 g/mol. The molecule has 7 nitrogen and oxygen atoms in total. The molecule has 1 aliphatic heterocycles. The Morgan fingerprint density at radius 1 is 1.19 bits per heavy atom. The molecule has 1 unspecified atom stereocenters. The number of amides is 1. The van der Waals surface area contributed by atoms with Gasteiger partial charge >= 0.3 is 0 Å². The first kappa shape index (κ1) is 17.0. The maximum atomic E-state index is 12.2. The number of rotatable bonds is 6. The molecule has 0 saturated carbocycles. The van der Waals surface area contributed by atoms with Gasteiger partial charge in [-0.3, -0.25) is 4.79 Å². The van der Waals surface area contributed by atoms with E-state index in [1.165, 1.54) is 24.9 Å². The van der Waals surface area contributed by atoms with E-state index in [4.69, 9.17) is 18.3 Å². The van der Waals surface area contributed by atoms with Crippen molar-refractivity contribution in [2.75, 3.05) is 13.3 Å². The number of hydrogen-bond donors (Lipinski definition) is 2. The van der Waals surface area contributed by atoms with Gasteiger partial charge in [0, 0.05) is 11.6 Å². The molecule has 0 bridgehead atoms. The lowest BCUT2D eigenvalue weighted by molar-refractivity contribution is -0.117. The lowest BCUT2D eigenvalue weighted by atomic mass is 9.93. The van der Waals surface area contributed by atoms with Crippen molar-refractivity contribution in [3.8, 4) is 11.5 Å². The molecule has 0 spiro atoms. The summed E-state index contributed by atoms with van der Waals surface area (Å²) in [6, 6.07) is 10.3. The minimum Gasteiger partial charge on any atom is -0.472 e. The molecule has 1 aliphatic rings. The molecule has 4 rings (SSSR count). The third kappa shape index (κ3) is 3.45. The van der Waals surface area contributed by atoms with Crippen LogP contribution >= 0.6 is 0 Å². The maximum Gasteiger partial charge on any atom is 0.244 e. The number of aliphatic hydroxyl groups is 1. The van der Waals surface area contributed by atoms with E-state index in [1.54, 1.807) is 36.4 Å². The van der Waals surface area contributed by atoms with Crippen molar-refractivity contribution in [2.24, 2.45) is 0 Å². The van der Waals surface area contributed by atoms with Crippen molar-refractivity contribution in [1.29, 1.82) is 0 Å². The van der Waals surface area contributed by atoms with Crippen LogP contribution in [0, 0.1) is 0 Å². The van der Waals surface area contributed by atoms with E-state index in [9.17, 15) is 9.90 Å². The zero-order valence-corrected chi connectivity index (χ0v) is 14.3. The van der Waals surface area contributed by atoms with Crippen molar-refractivity contribution in [1.82, 2.24) is 5.32 Å². The zero-order chi connectivity index (χ0) is 18.7. The second-order valence-corrected chi connectivity index (χ2v) is 6.01. The first-order valence-electron chi connectivity index (χ1n) is 8.30. The molecule has 2 N–H and O–H groups in total. The normalized spacial score (nSPS) is 15.0. The lowest BCUT2D eigenvalue weighted by Crippen LogP contribution is -2.40. The van der Waals surface area contributed by atoms with E-state index >= 15 is 0 Å². The lowest BCUT2D eigenvalue weighted by Gasteiger charge is -2.24. The molecule has 2 aromatic heterocycles. The molecule has 1 aromatic carbocycles. The molecule has 1 amide bonds. The van der Waals surface area contributed by atoms with Crippen LogP contribution in [-0.4, -0.2) is 24.4 Å². The van der Waals surface area contributed by atoms with E-state index in [0.29, 0.717) is 22.8 Å². The number of carbonyl (C=O) groups is 1. The summed E-state index contributed by atoms with van der Waals surface area (Å²) in [6.07, 6.45) is 7.36. The van der Waals surface area contributed by atoms with E-state index in [2.05, 4.69) is 5.32 Å². The van der Waals surface area contributed by atoms with Crippen LogP contribution in [0.15, 0.2) is 70.1 Å². The summed E-state index contributed by atoms with van der Waals surface area (Å²) in [5.41, 5.74) is -0.248. The predicted octanol–water partition coefficient (Wildman–Crippen LogP) is 2.67. The summed E-state index contributed by atoms with van der Waals surface area (Å²) >= 11 is 0. The van der Waals surface area contributed by atoms with Gasteiger partial charge in [0.25, 0.3) is 0 Å². The Morgan fingerprint density at radius 2 is 2.07 bits per heavy atom. The summed E-state index contributed by atoms with van der Waals surface area (Å²) in [4.78, 5) is 12.2. The average Bonchev–Trinajstić information content (AvgIpc) is 3.45. The molecular weight excluding hydrogens is 350 g/mol. The van der Waals surface area contributed by atoms with Crippen molar-refractivity contribution >= 4 is 12.0 Å². The van der Waals surface area contributed by atoms with Crippen molar-refractivity contribution in [3.05, 3.63) is 78.2 Å².